The Kier molecular flexibility index (Phi) is 11.3. The highest BCUT2D eigenvalue weighted by atomic mass is 16.4. The number of para-hydroxylation sites is 1. The smallest absolute Gasteiger partial charge is 0.326 e. The number of aromatic nitrogens is 3. The highest BCUT2D eigenvalue weighted by molar-refractivity contribution is 5.95. The molecule has 4 unspecified atom stereocenters. The monoisotopic (exact) mass is 598 g/mol. The van der Waals surface area contributed by atoms with Crippen LogP contribution in [0.1, 0.15) is 36.9 Å². The number of carboxylic acid groups (broad SMARTS) is 2. The summed E-state index contributed by atoms with van der Waals surface area (Å²) in [6, 6.07) is 2.14. The highest BCUT2D eigenvalue weighted by Crippen LogP contribution is 2.19. The van der Waals surface area contributed by atoms with Gasteiger partial charge in [0, 0.05) is 48.3 Å². The van der Waals surface area contributed by atoms with Gasteiger partial charge in [-0.15, -0.1) is 0 Å². The number of hydrogen-bond donors (Lipinski definition) is 9. The molecule has 0 radical (unpaired) electrons. The lowest BCUT2D eigenvalue weighted by Gasteiger charge is -2.25. The van der Waals surface area contributed by atoms with E-state index >= 15 is 0 Å². The molecule has 16 nitrogen and oxygen atoms in total. The zero-order valence-corrected chi connectivity index (χ0v) is 23.0. The first-order valence-electron chi connectivity index (χ1n) is 13.4. The molecule has 4 amide bonds. The van der Waals surface area contributed by atoms with Crippen LogP contribution in [0.5, 0.6) is 0 Å². The molecule has 4 atom stereocenters. The molecular formula is C27H34N8O8. The lowest BCUT2D eigenvalue weighted by molar-refractivity contribution is -0.143. The first-order chi connectivity index (χ1) is 20.4. The van der Waals surface area contributed by atoms with Crippen molar-refractivity contribution >= 4 is 46.5 Å². The molecule has 11 N–H and O–H groups in total. The SMILES string of the molecule is NC(=O)CCC(NC(=O)C(CCC(=O)O)NC(=O)C(Cc1cnc[nH]1)NC(=O)C(N)Cc1c[nH]c2ccccc12)C(=O)O. The fourth-order valence-corrected chi connectivity index (χ4v) is 4.36. The van der Waals surface area contributed by atoms with Gasteiger partial charge in [-0.3, -0.25) is 24.0 Å². The van der Waals surface area contributed by atoms with Crippen LogP contribution in [0.15, 0.2) is 43.0 Å². The minimum absolute atomic E-state index is 0.0823. The van der Waals surface area contributed by atoms with E-state index in [1.54, 1.807) is 6.20 Å². The van der Waals surface area contributed by atoms with Gasteiger partial charge in [-0.2, -0.15) is 0 Å². The van der Waals surface area contributed by atoms with Gasteiger partial charge in [0.25, 0.3) is 0 Å². The largest absolute Gasteiger partial charge is 0.481 e. The van der Waals surface area contributed by atoms with Crippen molar-refractivity contribution in [1.29, 1.82) is 0 Å². The van der Waals surface area contributed by atoms with Crippen molar-refractivity contribution in [2.24, 2.45) is 11.5 Å². The van der Waals surface area contributed by atoms with E-state index in [2.05, 4.69) is 30.9 Å². The first-order valence-corrected chi connectivity index (χ1v) is 13.4. The minimum atomic E-state index is -1.52. The summed E-state index contributed by atoms with van der Waals surface area (Å²) >= 11 is 0. The summed E-state index contributed by atoms with van der Waals surface area (Å²) in [4.78, 5) is 83.2. The average Bonchev–Trinajstić information content (AvgIpc) is 3.62. The Morgan fingerprint density at radius 1 is 0.837 bits per heavy atom. The van der Waals surface area contributed by atoms with Crippen LogP contribution in [0.4, 0.5) is 0 Å². The number of nitrogens with one attached hydrogen (secondary N) is 5. The number of primary amides is 1. The molecule has 16 heteroatoms. The molecule has 0 saturated carbocycles. The second-order valence-electron chi connectivity index (χ2n) is 9.91. The summed E-state index contributed by atoms with van der Waals surface area (Å²) in [7, 11) is 0. The van der Waals surface area contributed by atoms with Gasteiger partial charge in [0.2, 0.25) is 23.6 Å². The van der Waals surface area contributed by atoms with Crippen molar-refractivity contribution in [3.63, 3.8) is 0 Å². The van der Waals surface area contributed by atoms with E-state index in [1.807, 2.05) is 24.3 Å². The van der Waals surface area contributed by atoms with Crippen LogP contribution >= 0.6 is 0 Å². The van der Waals surface area contributed by atoms with Gasteiger partial charge in [0.15, 0.2) is 0 Å². The number of fused-ring (bicyclic) bond motifs is 1. The molecule has 0 bridgehead atoms. The number of benzene rings is 1. The van der Waals surface area contributed by atoms with Gasteiger partial charge in [-0.1, -0.05) is 18.2 Å². The number of carbonyl (C=O) groups is 6. The van der Waals surface area contributed by atoms with Crippen molar-refractivity contribution in [3.05, 3.63) is 54.2 Å². The van der Waals surface area contributed by atoms with Crippen LogP contribution in [-0.2, 0) is 41.6 Å². The van der Waals surface area contributed by atoms with Gasteiger partial charge in [-0.25, -0.2) is 9.78 Å². The van der Waals surface area contributed by atoms with E-state index in [0.717, 1.165) is 16.5 Å². The molecule has 2 heterocycles. The van der Waals surface area contributed by atoms with Crippen molar-refractivity contribution in [1.82, 2.24) is 30.9 Å². The van der Waals surface area contributed by atoms with Crippen LogP contribution in [-0.4, -0.2) is 84.9 Å². The van der Waals surface area contributed by atoms with Crippen LogP contribution in [0.3, 0.4) is 0 Å². The van der Waals surface area contributed by atoms with Crippen LogP contribution in [0.25, 0.3) is 10.9 Å². The van der Waals surface area contributed by atoms with Crippen molar-refractivity contribution in [2.45, 2.75) is 62.7 Å². The van der Waals surface area contributed by atoms with E-state index in [0.29, 0.717) is 5.69 Å². The molecule has 0 aliphatic carbocycles. The maximum Gasteiger partial charge on any atom is 0.326 e. The lowest BCUT2D eigenvalue weighted by atomic mass is 10.0. The maximum absolute atomic E-state index is 13.4. The summed E-state index contributed by atoms with van der Waals surface area (Å²) < 4.78 is 0. The Labute approximate surface area is 245 Å². The molecule has 0 aliphatic rings. The number of hydrogen-bond acceptors (Lipinski definition) is 8. The quantitative estimate of drug-likeness (QED) is 0.0883. The molecule has 0 saturated heterocycles. The molecule has 3 rings (SSSR count). The van der Waals surface area contributed by atoms with E-state index in [4.69, 9.17) is 16.6 Å². The van der Waals surface area contributed by atoms with Crippen LogP contribution in [0, 0.1) is 0 Å². The van der Waals surface area contributed by atoms with E-state index in [9.17, 15) is 33.9 Å². The number of carbonyl (C=O) groups excluding carboxylic acids is 4. The predicted octanol–water partition coefficient (Wildman–Crippen LogP) is -1.33. The second kappa shape index (κ2) is 15.1. The van der Waals surface area contributed by atoms with E-state index < -0.39 is 66.2 Å². The standard InChI is InChI=1S/C27H34N8O8/c28-17(9-14-11-31-18-4-2-1-3-16(14)18)24(39)35-21(10-15-12-30-13-32-15)26(41)33-19(6-8-23(37)38)25(40)34-20(27(42)43)5-7-22(29)36/h1-4,11-13,17,19-21,31H,5-10,28H2,(H2,29,36)(H,30,32)(H,33,41)(H,34,40)(H,35,39)(H,37,38)(H,42,43). The molecule has 1 aromatic carbocycles. The predicted molar refractivity (Wildman–Crippen MR) is 151 cm³/mol. The topological polar surface area (TPSA) is 275 Å². The number of aliphatic carboxylic acids is 2. The van der Waals surface area contributed by atoms with Gasteiger partial charge in [-0.05, 0) is 30.9 Å². The normalized spacial score (nSPS) is 13.8. The van der Waals surface area contributed by atoms with Gasteiger partial charge < -0.3 is 47.6 Å². The number of imidazole rings is 1. The van der Waals surface area contributed by atoms with Crippen molar-refractivity contribution < 1.29 is 39.0 Å². The fourth-order valence-electron chi connectivity index (χ4n) is 4.36. The molecule has 3 aromatic rings. The molecule has 2 aromatic heterocycles. The number of H-pyrrole nitrogens is 2. The Bertz CT molecular complexity index is 1450. The molecule has 43 heavy (non-hydrogen) atoms. The van der Waals surface area contributed by atoms with E-state index in [1.165, 1.54) is 12.5 Å². The molecule has 0 fully saturated rings. The minimum Gasteiger partial charge on any atom is -0.481 e. The average molecular weight is 599 g/mol. The highest BCUT2D eigenvalue weighted by Gasteiger charge is 2.31. The Morgan fingerprint density at radius 2 is 1.49 bits per heavy atom. The first kappa shape index (κ1) is 32.3. The maximum atomic E-state index is 13.4. The van der Waals surface area contributed by atoms with Gasteiger partial charge >= 0.3 is 11.9 Å². The van der Waals surface area contributed by atoms with Crippen molar-refractivity contribution in [3.8, 4) is 0 Å². The molecular weight excluding hydrogens is 564 g/mol. The second-order valence-corrected chi connectivity index (χ2v) is 9.91. The Hall–Kier alpha value is -5.25. The third-order valence-electron chi connectivity index (χ3n) is 6.64. The number of amides is 4. The summed E-state index contributed by atoms with van der Waals surface area (Å²) in [6.45, 7) is 0. The lowest BCUT2D eigenvalue weighted by Crippen LogP contribution is -2.58. The van der Waals surface area contributed by atoms with Gasteiger partial charge in [0.05, 0.1) is 12.4 Å². The third-order valence-corrected chi connectivity index (χ3v) is 6.64. The summed E-state index contributed by atoms with van der Waals surface area (Å²) in [6.07, 6.45) is 3.04. The Balaban J connectivity index is 1.75. The number of nitrogens with zero attached hydrogens (tertiary/aromatic N) is 1. The third kappa shape index (κ3) is 9.67. The van der Waals surface area contributed by atoms with E-state index in [-0.39, 0.29) is 32.1 Å². The zero-order chi connectivity index (χ0) is 31.5. The summed E-state index contributed by atoms with van der Waals surface area (Å²) in [5.41, 5.74) is 13.4. The zero-order valence-electron chi connectivity index (χ0n) is 23.0. The number of aromatic amines is 2. The number of nitrogens with two attached hydrogens (primary N) is 2. The number of rotatable bonds is 17. The Morgan fingerprint density at radius 3 is 2.14 bits per heavy atom. The molecule has 230 valence electrons. The number of carboxylic acids is 2. The summed E-state index contributed by atoms with van der Waals surface area (Å²) in [5.74, 6) is -6.00. The van der Waals surface area contributed by atoms with Crippen LogP contribution < -0.4 is 27.4 Å². The van der Waals surface area contributed by atoms with Crippen molar-refractivity contribution in [2.75, 3.05) is 0 Å². The summed E-state index contributed by atoms with van der Waals surface area (Å²) in [5, 5.41) is 26.7. The molecule has 0 spiro atoms. The van der Waals surface area contributed by atoms with Gasteiger partial charge in [0.1, 0.15) is 18.1 Å². The van der Waals surface area contributed by atoms with Crippen LogP contribution in [0.2, 0.25) is 0 Å². The fraction of sp³-hybridized carbons (Fsp3) is 0.370. The molecule has 0 aliphatic heterocycles.